The highest BCUT2D eigenvalue weighted by Gasteiger charge is 2.09. The second-order valence-electron chi connectivity index (χ2n) is 6.29. The molecule has 1 heterocycles. The third-order valence-electron chi connectivity index (χ3n) is 4.48. The van der Waals surface area contributed by atoms with Crippen LogP contribution < -0.4 is 5.32 Å². The summed E-state index contributed by atoms with van der Waals surface area (Å²) < 4.78 is 0. The first-order chi connectivity index (χ1) is 12.7. The number of fused-ring (bicyclic) bond motifs is 2. The number of carbonyl (C=O) groups excluding carboxylic acids is 1. The first-order valence-corrected chi connectivity index (χ1v) is 9.68. The molecule has 26 heavy (non-hydrogen) atoms. The van der Waals surface area contributed by atoms with Crippen molar-refractivity contribution in [2.75, 3.05) is 12.3 Å². The minimum Gasteiger partial charge on any atom is -0.358 e. The molecule has 0 atom stereocenters. The van der Waals surface area contributed by atoms with Gasteiger partial charge in [-0.2, -0.15) is 0 Å². The van der Waals surface area contributed by atoms with Gasteiger partial charge in [-0.25, -0.2) is 0 Å². The highest BCUT2D eigenvalue weighted by molar-refractivity contribution is 7.99. The van der Waals surface area contributed by atoms with E-state index in [-0.39, 0.29) is 5.91 Å². The van der Waals surface area contributed by atoms with E-state index in [1.807, 2.05) is 42.5 Å². The average Bonchev–Trinajstić information content (AvgIpc) is 3.00. The lowest BCUT2D eigenvalue weighted by molar-refractivity contribution is 0.0956. The maximum Gasteiger partial charge on any atom is 0.251 e. The van der Waals surface area contributed by atoms with Gasteiger partial charge in [0, 0.05) is 39.4 Å². The lowest BCUT2D eigenvalue weighted by Gasteiger charge is -2.07. The Labute approximate surface area is 156 Å². The smallest absolute Gasteiger partial charge is 0.251 e. The van der Waals surface area contributed by atoms with Crippen LogP contribution >= 0.6 is 11.8 Å². The van der Waals surface area contributed by atoms with E-state index in [1.54, 1.807) is 11.8 Å². The number of benzene rings is 3. The van der Waals surface area contributed by atoms with Crippen LogP contribution in [0.3, 0.4) is 0 Å². The zero-order chi connectivity index (χ0) is 17.9. The zero-order valence-corrected chi connectivity index (χ0v) is 15.4. The summed E-state index contributed by atoms with van der Waals surface area (Å²) in [5.41, 5.74) is 3.04. The Kier molecular flexibility index (Phi) is 4.67. The van der Waals surface area contributed by atoms with E-state index in [0.29, 0.717) is 12.1 Å². The topological polar surface area (TPSA) is 44.9 Å². The molecule has 0 bridgehead atoms. The number of amides is 1. The summed E-state index contributed by atoms with van der Waals surface area (Å²) in [6.45, 7) is 2.73. The molecule has 1 amide bonds. The van der Waals surface area contributed by atoms with Crippen LogP contribution in [-0.4, -0.2) is 23.2 Å². The maximum absolute atomic E-state index is 12.4. The predicted octanol–water partition coefficient (Wildman–Crippen LogP) is 5.15. The van der Waals surface area contributed by atoms with E-state index in [1.165, 1.54) is 16.0 Å². The third kappa shape index (κ3) is 3.33. The number of nitrogens with one attached hydrogen (secondary N) is 2. The van der Waals surface area contributed by atoms with Crippen molar-refractivity contribution in [3.63, 3.8) is 0 Å². The van der Waals surface area contributed by atoms with E-state index in [0.717, 1.165) is 22.0 Å². The van der Waals surface area contributed by atoms with Crippen LogP contribution in [0.25, 0.3) is 21.7 Å². The molecule has 0 spiro atoms. The van der Waals surface area contributed by atoms with Crippen molar-refractivity contribution in [2.45, 2.75) is 11.8 Å². The largest absolute Gasteiger partial charge is 0.358 e. The minimum absolute atomic E-state index is 0.0213. The lowest BCUT2D eigenvalue weighted by atomic mass is 10.1. The Morgan fingerprint density at radius 1 is 1.00 bits per heavy atom. The number of aryl methyl sites for hydroxylation is 1. The van der Waals surface area contributed by atoms with Crippen molar-refractivity contribution in [1.29, 1.82) is 0 Å². The number of H-pyrrole nitrogens is 1. The molecule has 3 nitrogen and oxygen atoms in total. The Hall–Kier alpha value is -2.72. The van der Waals surface area contributed by atoms with Crippen LogP contribution in [0.5, 0.6) is 0 Å². The first-order valence-electron chi connectivity index (χ1n) is 8.69. The standard InChI is InChI=1S/C22H20N2OS/c1-15-21(19-8-4-5-9-20(19)24-15)26-13-12-23-22(25)18-11-10-16-6-2-3-7-17(16)14-18/h2-11,14,24H,12-13H2,1H3,(H,23,25). The second-order valence-corrected chi connectivity index (χ2v) is 7.40. The zero-order valence-electron chi connectivity index (χ0n) is 14.6. The normalized spacial score (nSPS) is 11.1. The molecule has 4 heteroatoms. The molecule has 4 rings (SSSR count). The molecule has 0 fully saturated rings. The number of thioether (sulfide) groups is 1. The first kappa shape index (κ1) is 16.7. The van der Waals surface area contributed by atoms with E-state index < -0.39 is 0 Å². The molecule has 1 aromatic heterocycles. The highest BCUT2D eigenvalue weighted by Crippen LogP contribution is 2.30. The number of aromatic nitrogens is 1. The number of aromatic amines is 1. The monoisotopic (exact) mass is 360 g/mol. The van der Waals surface area contributed by atoms with Crippen LogP contribution in [0.4, 0.5) is 0 Å². The Bertz CT molecular complexity index is 1080. The highest BCUT2D eigenvalue weighted by atomic mass is 32.2. The number of para-hydroxylation sites is 1. The van der Waals surface area contributed by atoms with Crippen LogP contribution in [0.2, 0.25) is 0 Å². The summed E-state index contributed by atoms with van der Waals surface area (Å²) in [6, 6.07) is 22.2. The fraction of sp³-hybridized carbons (Fsp3) is 0.136. The van der Waals surface area contributed by atoms with Gasteiger partial charge >= 0.3 is 0 Å². The number of hydrogen-bond acceptors (Lipinski definition) is 2. The molecule has 0 saturated carbocycles. The van der Waals surface area contributed by atoms with Gasteiger partial charge in [0.05, 0.1) is 0 Å². The van der Waals surface area contributed by atoms with Crippen molar-refractivity contribution in [1.82, 2.24) is 10.3 Å². The quantitative estimate of drug-likeness (QED) is 0.382. The average molecular weight is 360 g/mol. The van der Waals surface area contributed by atoms with Crippen molar-refractivity contribution in [3.8, 4) is 0 Å². The fourth-order valence-corrected chi connectivity index (χ4v) is 4.20. The number of carbonyl (C=O) groups is 1. The predicted molar refractivity (Wildman–Crippen MR) is 110 cm³/mol. The van der Waals surface area contributed by atoms with E-state index in [4.69, 9.17) is 0 Å². The lowest BCUT2D eigenvalue weighted by Crippen LogP contribution is -2.25. The Balaban J connectivity index is 1.38. The summed E-state index contributed by atoms with van der Waals surface area (Å²) in [4.78, 5) is 17.1. The van der Waals surface area contributed by atoms with Crippen LogP contribution in [0.15, 0.2) is 71.6 Å². The fourth-order valence-electron chi connectivity index (χ4n) is 3.19. The molecule has 2 N–H and O–H groups in total. The van der Waals surface area contributed by atoms with Gasteiger partial charge in [0.1, 0.15) is 0 Å². The van der Waals surface area contributed by atoms with Crippen molar-refractivity contribution >= 4 is 39.3 Å². The van der Waals surface area contributed by atoms with Gasteiger partial charge in [0.2, 0.25) is 0 Å². The van der Waals surface area contributed by atoms with Gasteiger partial charge < -0.3 is 10.3 Å². The molecule has 0 aliphatic heterocycles. The van der Waals surface area contributed by atoms with Gasteiger partial charge in [-0.05, 0) is 35.9 Å². The summed E-state index contributed by atoms with van der Waals surface area (Å²) in [5, 5.41) is 6.50. The van der Waals surface area contributed by atoms with E-state index in [2.05, 4.69) is 41.5 Å². The van der Waals surface area contributed by atoms with Gasteiger partial charge in [-0.15, -0.1) is 11.8 Å². The van der Waals surface area contributed by atoms with Crippen molar-refractivity contribution in [2.24, 2.45) is 0 Å². The molecule has 0 aliphatic rings. The van der Waals surface area contributed by atoms with E-state index >= 15 is 0 Å². The Morgan fingerprint density at radius 2 is 1.77 bits per heavy atom. The summed E-state index contributed by atoms with van der Waals surface area (Å²) in [5.74, 6) is 0.814. The third-order valence-corrected chi connectivity index (χ3v) is 5.70. The SMILES string of the molecule is Cc1[nH]c2ccccc2c1SCCNC(=O)c1ccc2ccccc2c1. The summed E-state index contributed by atoms with van der Waals surface area (Å²) in [7, 11) is 0. The van der Waals surface area contributed by atoms with Gasteiger partial charge in [0.25, 0.3) is 5.91 Å². The summed E-state index contributed by atoms with van der Waals surface area (Å²) in [6.07, 6.45) is 0. The maximum atomic E-state index is 12.4. The molecular formula is C22H20N2OS. The van der Waals surface area contributed by atoms with Gasteiger partial charge in [-0.1, -0.05) is 48.5 Å². The molecule has 0 unspecified atom stereocenters. The molecule has 3 aromatic carbocycles. The van der Waals surface area contributed by atoms with E-state index in [9.17, 15) is 4.79 Å². The van der Waals surface area contributed by atoms with Crippen LogP contribution in [-0.2, 0) is 0 Å². The van der Waals surface area contributed by atoms with Gasteiger partial charge in [0.15, 0.2) is 0 Å². The minimum atomic E-state index is -0.0213. The molecule has 0 saturated heterocycles. The Morgan fingerprint density at radius 3 is 2.65 bits per heavy atom. The van der Waals surface area contributed by atoms with Crippen LogP contribution in [0.1, 0.15) is 16.1 Å². The number of rotatable bonds is 5. The second kappa shape index (κ2) is 7.26. The molecule has 0 radical (unpaired) electrons. The molecule has 130 valence electrons. The number of hydrogen-bond donors (Lipinski definition) is 2. The molecule has 4 aromatic rings. The van der Waals surface area contributed by atoms with Crippen molar-refractivity contribution in [3.05, 3.63) is 78.0 Å². The summed E-state index contributed by atoms with van der Waals surface area (Å²) >= 11 is 1.78. The molecular weight excluding hydrogens is 340 g/mol. The van der Waals surface area contributed by atoms with Crippen molar-refractivity contribution < 1.29 is 4.79 Å². The van der Waals surface area contributed by atoms with Gasteiger partial charge in [-0.3, -0.25) is 4.79 Å². The molecule has 0 aliphatic carbocycles. The van der Waals surface area contributed by atoms with Crippen LogP contribution in [0, 0.1) is 6.92 Å².